The van der Waals surface area contributed by atoms with E-state index in [-0.39, 0.29) is 11.9 Å². The Kier molecular flexibility index (Phi) is 4.25. The maximum absolute atomic E-state index is 12.4. The number of aromatic nitrogens is 3. The van der Waals surface area contributed by atoms with Gasteiger partial charge >= 0.3 is 0 Å². The van der Waals surface area contributed by atoms with Crippen molar-refractivity contribution in [3.05, 3.63) is 84.2 Å². The standard InChI is InChI=1S/C17H16N4O/c22-17(15-9-5-2-6-10-15)20-16(13-21-18-11-12-19-21)14-7-3-1-4-8-14/h1-12,16H,13H2,(H,20,22). The number of carbonyl (C=O) groups is 1. The zero-order chi connectivity index (χ0) is 15.2. The van der Waals surface area contributed by atoms with Gasteiger partial charge in [-0.15, -0.1) is 0 Å². The molecule has 3 rings (SSSR count). The molecule has 3 aromatic rings. The minimum atomic E-state index is -0.193. The van der Waals surface area contributed by atoms with E-state index in [4.69, 9.17) is 0 Å². The van der Waals surface area contributed by atoms with Crippen molar-refractivity contribution in [3.63, 3.8) is 0 Å². The molecular weight excluding hydrogens is 276 g/mol. The summed E-state index contributed by atoms with van der Waals surface area (Å²) in [6.07, 6.45) is 3.25. The molecule has 0 fully saturated rings. The molecule has 1 aromatic heterocycles. The van der Waals surface area contributed by atoms with Gasteiger partial charge in [0.2, 0.25) is 0 Å². The van der Waals surface area contributed by atoms with Crippen molar-refractivity contribution in [3.8, 4) is 0 Å². The molecule has 5 nitrogen and oxygen atoms in total. The van der Waals surface area contributed by atoms with Gasteiger partial charge in [0.05, 0.1) is 25.0 Å². The van der Waals surface area contributed by atoms with E-state index in [2.05, 4.69) is 15.5 Å². The summed E-state index contributed by atoms with van der Waals surface area (Å²) >= 11 is 0. The Balaban J connectivity index is 1.81. The monoisotopic (exact) mass is 292 g/mol. The van der Waals surface area contributed by atoms with E-state index < -0.39 is 0 Å². The third-order valence-corrected chi connectivity index (χ3v) is 3.36. The van der Waals surface area contributed by atoms with Crippen LogP contribution >= 0.6 is 0 Å². The second kappa shape index (κ2) is 6.67. The van der Waals surface area contributed by atoms with Gasteiger partial charge in [-0.1, -0.05) is 48.5 Å². The molecule has 110 valence electrons. The highest BCUT2D eigenvalue weighted by Gasteiger charge is 2.16. The lowest BCUT2D eigenvalue weighted by atomic mass is 10.1. The first kappa shape index (κ1) is 14.0. The van der Waals surface area contributed by atoms with Crippen molar-refractivity contribution in [2.24, 2.45) is 0 Å². The molecule has 0 radical (unpaired) electrons. The van der Waals surface area contributed by atoms with Gasteiger partial charge in [0.25, 0.3) is 5.91 Å². The molecule has 22 heavy (non-hydrogen) atoms. The van der Waals surface area contributed by atoms with Crippen LogP contribution in [0, 0.1) is 0 Å². The van der Waals surface area contributed by atoms with E-state index >= 15 is 0 Å². The number of hydrogen-bond donors (Lipinski definition) is 1. The molecule has 0 aliphatic heterocycles. The van der Waals surface area contributed by atoms with Crippen molar-refractivity contribution in [2.75, 3.05) is 0 Å². The molecular formula is C17H16N4O. The SMILES string of the molecule is O=C(NC(Cn1nccn1)c1ccccc1)c1ccccc1. The van der Waals surface area contributed by atoms with Gasteiger partial charge in [-0.05, 0) is 17.7 Å². The van der Waals surface area contributed by atoms with Crippen LogP contribution in [0.2, 0.25) is 0 Å². The molecule has 1 amide bonds. The lowest BCUT2D eigenvalue weighted by Gasteiger charge is -2.18. The number of amides is 1. The number of nitrogens with zero attached hydrogens (tertiary/aromatic N) is 3. The predicted octanol–water partition coefficient (Wildman–Crippen LogP) is 2.45. The van der Waals surface area contributed by atoms with Crippen LogP contribution in [0.15, 0.2) is 73.1 Å². The van der Waals surface area contributed by atoms with Crippen molar-refractivity contribution < 1.29 is 4.79 Å². The molecule has 1 heterocycles. The fraction of sp³-hybridized carbons (Fsp3) is 0.118. The van der Waals surface area contributed by atoms with Crippen LogP contribution in [0.25, 0.3) is 0 Å². The molecule has 0 aliphatic rings. The van der Waals surface area contributed by atoms with E-state index in [1.165, 1.54) is 0 Å². The zero-order valence-corrected chi connectivity index (χ0v) is 12.0. The van der Waals surface area contributed by atoms with E-state index in [1.807, 2.05) is 48.5 Å². The Hall–Kier alpha value is -2.95. The summed E-state index contributed by atoms with van der Waals surface area (Å²) in [7, 11) is 0. The third kappa shape index (κ3) is 3.38. The summed E-state index contributed by atoms with van der Waals surface area (Å²) in [5.41, 5.74) is 1.65. The Bertz CT molecular complexity index is 711. The Morgan fingerprint density at radius 3 is 2.18 bits per heavy atom. The minimum absolute atomic E-state index is 0.110. The number of benzene rings is 2. The first-order valence-electron chi connectivity index (χ1n) is 7.08. The summed E-state index contributed by atoms with van der Waals surface area (Å²) < 4.78 is 0. The fourth-order valence-corrected chi connectivity index (χ4v) is 2.25. The smallest absolute Gasteiger partial charge is 0.251 e. The minimum Gasteiger partial charge on any atom is -0.343 e. The maximum atomic E-state index is 12.4. The molecule has 0 aliphatic carbocycles. The molecule has 1 N–H and O–H groups in total. The lowest BCUT2D eigenvalue weighted by molar-refractivity contribution is 0.0931. The van der Waals surface area contributed by atoms with Crippen LogP contribution in [-0.4, -0.2) is 20.9 Å². The Morgan fingerprint density at radius 2 is 1.55 bits per heavy atom. The molecule has 1 atom stereocenters. The Labute approximate surface area is 128 Å². The molecule has 0 bridgehead atoms. The second-order valence-corrected chi connectivity index (χ2v) is 4.89. The van der Waals surface area contributed by atoms with E-state index in [9.17, 15) is 4.79 Å². The van der Waals surface area contributed by atoms with Gasteiger partial charge in [-0.2, -0.15) is 15.0 Å². The summed E-state index contributed by atoms with van der Waals surface area (Å²) in [6, 6.07) is 18.8. The molecule has 5 heteroatoms. The molecule has 2 aromatic carbocycles. The van der Waals surface area contributed by atoms with Crippen LogP contribution in [-0.2, 0) is 6.54 Å². The summed E-state index contributed by atoms with van der Waals surface area (Å²) in [4.78, 5) is 14.0. The average Bonchev–Trinajstić information content (AvgIpc) is 3.09. The van der Waals surface area contributed by atoms with Gasteiger partial charge in [0, 0.05) is 5.56 Å². The van der Waals surface area contributed by atoms with Gasteiger partial charge in [-0.25, -0.2) is 0 Å². The maximum Gasteiger partial charge on any atom is 0.251 e. The van der Waals surface area contributed by atoms with Gasteiger partial charge in [0.15, 0.2) is 0 Å². The zero-order valence-electron chi connectivity index (χ0n) is 12.0. The molecule has 0 saturated carbocycles. The summed E-state index contributed by atoms with van der Waals surface area (Å²) in [5.74, 6) is -0.110. The van der Waals surface area contributed by atoms with Crippen LogP contribution in [0.4, 0.5) is 0 Å². The predicted molar refractivity (Wildman–Crippen MR) is 83.1 cm³/mol. The molecule has 0 saturated heterocycles. The first-order chi connectivity index (χ1) is 10.8. The van der Waals surface area contributed by atoms with E-state index in [0.717, 1.165) is 5.56 Å². The van der Waals surface area contributed by atoms with Crippen LogP contribution in [0.3, 0.4) is 0 Å². The van der Waals surface area contributed by atoms with Crippen LogP contribution < -0.4 is 5.32 Å². The van der Waals surface area contributed by atoms with Crippen LogP contribution in [0.1, 0.15) is 22.0 Å². The van der Waals surface area contributed by atoms with Crippen molar-refractivity contribution in [1.82, 2.24) is 20.3 Å². The number of rotatable bonds is 5. The number of carbonyl (C=O) groups excluding carboxylic acids is 1. The topological polar surface area (TPSA) is 59.8 Å². The molecule has 0 spiro atoms. The van der Waals surface area contributed by atoms with Gasteiger partial charge in [0.1, 0.15) is 0 Å². The highest BCUT2D eigenvalue weighted by atomic mass is 16.1. The highest BCUT2D eigenvalue weighted by Crippen LogP contribution is 2.15. The summed E-state index contributed by atoms with van der Waals surface area (Å²) in [6.45, 7) is 0.482. The largest absolute Gasteiger partial charge is 0.343 e. The van der Waals surface area contributed by atoms with Crippen molar-refractivity contribution in [2.45, 2.75) is 12.6 Å². The normalized spacial score (nSPS) is 11.8. The lowest BCUT2D eigenvalue weighted by Crippen LogP contribution is -2.32. The number of nitrogens with one attached hydrogen (secondary N) is 1. The van der Waals surface area contributed by atoms with Gasteiger partial charge < -0.3 is 5.32 Å². The first-order valence-corrected chi connectivity index (χ1v) is 7.08. The number of hydrogen-bond acceptors (Lipinski definition) is 3. The van der Waals surface area contributed by atoms with Crippen molar-refractivity contribution >= 4 is 5.91 Å². The van der Waals surface area contributed by atoms with Gasteiger partial charge in [-0.3, -0.25) is 4.79 Å². The van der Waals surface area contributed by atoms with E-state index in [0.29, 0.717) is 12.1 Å². The van der Waals surface area contributed by atoms with E-state index in [1.54, 1.807) is 29.3 Å². The quantitative estimate of drug-likeness (QED) is 0.785. The second-order valence-electron chi connectivity index (χ2n) is 4.89. The summed E-state index contributed by atoms with van der Waals surface area (Å²) in [5, 5.41) is 11.3. The highest BCUT2D eigenvalue weighted by molar-refractivity contribution is 5.94. The van der Waals surface area contributed by atoms with Crippen LogP contribution in [0.5, 0.6) is 0 Å². The average molecular weight is 292 g/mol. The molecule has 1 unspecified atom stereocenters. The van der Waals surface area contributed by atoms with Crippen molar-refractivity contribution in [1.29, 1.82) is 0 Å². The fourth-order valence-electron chi connectivity index (χ4n) is 2.25. The third-order valence-electron chi connectivity index (χ3n) is 3.36. The Morgan fingerprint density at radius 1 is 0.955 bits per heavy atom.